The SMILES string of the molecule is C1=CCCC(S(c2ccccc2)(c2ccc(-c3cccc4c3oc3ccccc34)cc2)c2ccc3c(c2)C2CCC=CC2N3C2=CCCC=C2)=C1. The van der Waals surface area contributed by atoms with Crippen molar-refractivity contribution in [3.8, 4) is 11.1 Å². The van der Waals surface area contributed by atoms with Gasteiger partial charge in [-0.05, 0) is 109 Å². The van der Waals surface area contributed by atoms with Crippen molar-refractivity contribution in [3.05, 3.63) is 180 Å². The highest BCUT2D eigenvalue weighted by Gasteiger charge is 2.42. The van der Waals surface area contributed by atoms with E-state index < -0.39 is 10.0 Å². The molecule has 3 aliphatic carbocycles. The van der Waals surface area contributed by atoms with Crippen molar-refractivity contribution in [3.63, 3.8) is 0 Å². The van der Waals surface area contributed by atoms with Gasteiger partial charge >= 0.3 is 0 Å². The Kier molecular flexibility index (Phi) is 7.50. The molecule has 0 bridgehead atoms. The van der Waals surface area contributed by atoms with Gasteiger partial charge in [0.15, 0.2) is 0 Å². The lowest BCUT2D eigenvalue weighted by atomic mass is 9.86. The first-order valence-corrected chi connectivity index (χ1v) is 20.2. The highest BCUT2D eigenvalue weighted by Crippen LogP contribution is 2.75. The van der Waals surface area contributed by atoms with E-state index in [0.717, 1.165) is 59.6 Å². The largest absolute Gasteiger partial charge is 0.455 e. The van der Waals surface area contributed by atoms with Crippen molar-refractivity contribution < 1.29 is 4.42 Å². The van der Waals surface area contributed by atoms with E-state index in [2.05, 4.69) is 163 Å². The molecule has 0 amide bonds. The Morgan fingerprint density at radius 3 is 2.33 bits per heavy atom. The summed E-state index contributed by atoms with van der Waals surface area (Å²) in [6, 6.07) is 43.7. The van der Waals surface area contributed by atoms with Crippen LogP contribution in [-0.4, -0.2) is 6.04 Å². The summed E-state index contributed by atoms with van der Waals surface area (Å²) in [5, 5.41) is 2.33. The van der Waals surface area contributed by atoms with E-state index in [1.807, 2.05) is 6.07 Å². The zero-order valence-corrected chi connectivity index (χ0v) is 29.6. The number of nitrogens with zero attached hydrogens (tertiary/aromatic N) is 1. The fourth-order valence-electron chi connectivity index (χ4n) is 9.05. The molecule has 0 fully saturated rings. The van der Waals surface area contributed by atoms with E-state index in [9.17, 15) is 0 Å². The average molecular weight is 680 g/mol. The van der Waals surface area contributed by atoms with E-state index in [1.165, 1.54) is 48.5 Å². The average Bonchev–Trinajstić information content (AvgIpc) is 3.76. The van der Waals surface area contributed by atoms with E-state index in [4.69, 9.17) is 4.42 Å². The highest BCUT2D eigenvalue weighted by atomic mass is 32.3. The number of fused-ring (bicyclic) bond motifs is 6. The minimum atomic E-state index is -1.78. The van der Waals surface area contributed by atoms with Gasteiger partial charge in [0.05, 0.1) is 6.04 Å². The zero-order chi connectivity index (χ0) is 33.8. The van der Waals surface area contributed by atoms with Crippen LogP contribution in [-0.2, 0) is 0 Å². The fourth-order valence-corrected chi connectivity index (χ4v) is 13.2. The minimum absolute atomic E-state index is 0.371. The maximum Gasteiger partial charge on any atom is 0.143 e. The molecule has 250 valence electrons. The Hall–Kier alpha value is -5.25. The summed E-state index contributed by atoms with van der Waals surface area (Å²) in [4.78, 5) is 8.36. The molecule has 5 aromatic carbocycles. The Morgan fingerprint density at radius 2 is 1.49 bits per heavy atom. The van der Waals surface area contributed by atoms with Crippen LogP contribution in [0.25, 0.3) is 33.1 Å². The maximum absolute atomic E-state index is 6.48. The van der Waals surface area contributed by atoms with Crippen molar-refractivity contribution >= 4 is 37.7 Å². The second kappa shape index (κ2) is 12.5. The summed E-state index contributed by atoms with van der Waals surface area (Å²) in [5.74, 6) is 0.487. The second-order valence-electron chi connectivity index (χ2n) is 14.1. The lowest BCUT2D eigenvalue weighted by Gasteiger charge is -2.44. The van der Waals surface area contributed by atoms with Gasteiger partial charge in [-0.3, -0.25) is 0 Å². The number of hydrogen-bond acceptors (Lipinski definition) is 2. The van der Waals surface area contributed by atoms with E-state index in [1.54, 1.807) is 0 Å². The molecule has 51 heavy (non-hydrogen) atoms. The quantitative estimate of drug-likeness (QED) is 0.163. The Balaban J connectivity index is 1.17. The summed E-state index contributed by atoms with van der Waals surface area (Å²) in [5.41, 5.74) is 8.44. The number of hydrogen-bond donors (Lipinski definition) is 0. The molecule has 6 aromatic rings. The fraction of sp³-hybridized carbons (Fsp3) is 0.167. The van der Waals surface area contributed by atoms with Crippen molar-refractivity contribution in [2.75, 3.05) is 4.90 Å². The van der Waals surface area contributed by atoms with Crippen molar-refractivity contribution in [1.82, 2.24) is 0 Å². The van der Waals surface area contributed by atoms with Crippen LogP contribution in [0, 0.1) is 0 Å². The van der Waals surface area contributed by atoms with Gasteiger partial charge in [0.2, 0.25) is 0 Å². The Morgan fingerprint density at radius 1 is 0.667 bits per heavy atom. The summed E-state index contributed by atoms with van der Waals surface area (Å²) >= 11 is 0. The molecule has 3 heteroatoms. The summed E-state index contributed by atoms with van der Waals surface area (Å²) in [6.07, 6.45) is 25.7. The summed E-state index contributed by atoms with van der Waals surface area (Å²) in [7, 11) is -1.78. The van der Waals surface area contributed by atoms with Gasteiger partial charge in [0.1, 0.15) is 11.2 Å². The highest BCUT2D eigenvalue weighted by molar-refractivity contribution is 8.37. The topological polar surface area (TPSA) is 16.4 Å². The molecule has 4 aliphatic rings. The monoisotopic (exact) mass is 679 g/mol. The van der Waals surface area contributed by atoms with E-state index >= 15 is 0 Å². The Labute approximate surface area is 302 Å². The standard InChI is InChI=1S/C48H41NOS/c1-4-15-35(16-5-1)49-45-25-12-10-21-41(45)44-33-39(31-32-46(44)49)51(36-17-6-2-7-18-36,37-19-8-3-9-20-37)38-29-27-34(28-30-38)40-23-14-24-43-42-22-11-13-26-47(42)50-48(40)43/h2-4,6-8,11-19,22-33,41,45H,1,5,9-10,20-21H2. The normalized spacial score (nSPS) is 21.2. The first-order chi connectivity index (χ1) is 25.3. The predicted octanol–water partition coefficient (Wildman–Crippen LogP) is 13.6. The van der Waals surface area contributed by atoms with Crippen molar-refractivity contribution in [2.24, 2.45) is 0 Å². The molecule has 0 radical (unpaired) electrons. The van der Waals surface area contributed by atoms with Gasteiger partial charge in [0.25, 0.3) is 0 Å². The molecule has 0 saturated carbocycles. The maximum atomic E-state index is 6.48. The molecule has 1 aromatic heterocycles. The lowest BCUT2D eigenvalue weighted by Crippen LogP contribution is -2.32. The first kappa shape index (κ1) is 30.6. The molecular weight excluding hydrogens is 639 g/mol. The van der Waals surface area contributed by atoms with Gasteiger partial charge < -0.3 is 9.32 Å². The summed E-state index contributed by atoms with van der Waals surface area (Å²) in [6.45, 7) is 0. The number of rotatable bonds is 6. The molecule has 2 heterocycles. The molecule has 0 N–H and O–H groups in total. The molecule has 2 nitrogen and oxygen atoms in total. The van der Waals surface area contributed by atoms with Gasteiger partial charge in [-0.25, -0.2) is 0 Å². The van der Waals surface area contributed by atoms with Gasteiger partial charge in [0, 0.05) is 48.3 Å². The smallest absolute Gasteiger partial charge is 0.143 e. The number of allylic oxidation sites excluding steroid dienone is 8. The molecule has 0 spiro atoms. The van der Waals surface area contributed by atoms with E-state index in [0.29, 0.717) is 12.0 Å². The number of benzene rings is 5. The van der Waals surface area contributed by atoms with Crippen LogP contribution in [0.15, 0.2) is 194 Å². The van der Waals surface area contributed by atoms with Gasteiger partial charge in [-0.15, -0.1) is 10.0 Å². The third-order valence-corrected chi connectivity index (χ3v) is 15.4. The summed E-state index contributed by atoms with van der Waals surface area (Å²) < 4.78 is 6.48. The second-order valence-corrected chi connectivity index (χ2v) is 17.3. The third-order valence-electron chi connectivity index (χ3n) is 11.3. The molecule has 3 atom stereocenters. The molecule has 0 saturated heterocycles. The molecular formula is C48H41NOS. The molecule has 10 rings (SSSR count). The van der Waals surface area contributed by atoms with Crippen LogP contribution >= 0.6 is 10.0 Å². The minimum Gasteiger partial charge on any atom is -0.455 e. The van der Waals surface area contributed by atoms with Crippen LogP contribution < -0.4 is 4.90 Å². The molecule has 3 unspecified atom stereocenters. The first-order valence-electron chi connectivity index (χ1n) is 18.5. The molecule has 1 aliphatic heterocycles. The van der Waals surface area contributed by atoms with Crippen LogP contribution in [0.2, 0.25) is 0 Å². The van der Waals surface area contributed by atoms with Crippen molar-refractivity contribution in [1.29, 1.82) is 0 Å². The lowest BCUT2D eigenvalue weighted by molar-refractivity contribution is 0.565. The third kappa shape index (κ3) is 4.86. The van der Waals surface area contributed by atoms with Gasteiger partial charge in [-0.1, -0.05) is 109 Å². The van der Waals surface area contributed by atoms with Gasteiger partial charge in [-0.2, -0.15) is 0 Å². The number of para-hydroxylation sites is 2. The zero-order valence-electron chi connectivity index (χ0n) is 28.7. The van der Waals surface area contributed by atoms with Crippen LogP contribution in [0.1, 0.15) is 50.0 Å². The Bertz CT molecular complexity index is 2440. The van der Waals surface area contributed by atoms with Crippen molar-refractivity contribution in [2.45, 2.75) is 65.2 Å². The number of furan rings is 1. The van der Waals surface area contributed by atoms with Crippen LogP contribution in [0.4, 0.5) is 5.69 Å². The predicted molar refractivity (Wildman–Crippen MR) is 215 cm³/mol. The van der Waals surface area contributed by atoms with Crippen LogP contribution in [0.3, 0.4) is 0 Å². The van der Waals surface area contributed by atoms with Crippen LogP contribution in [0.5, 0.6) is 0 Å². The van der Waals surface area contributed by atoms with E-state index in [-0.39, 0.29) is 0 Å². The number of anilines is 1.